The third-order valence-corrected chi connectivity index (χ3v) is 5.31. The van der Waals surface area contributed by atoms with Crippen LogP contribution in [0.25, 0.3) is 0 Å². The Morgan fingerprint density at radius 1 is 1.35 bits per heavy atom. The van der Waals surface area contributed by atoms with E-state index in [0.717, 1.165) is 6.42 Å². The van der Waals surface area contributed by atoms with Crippen LogP contribution in [0.15, 0.2) is 0 Å². The van der Waals surface area contributed by atoms with Crippen LogP contribution in [0.3, 0.4) is 0 Å². The molecular weight excluding hydrogens is 284 g/mol. The number of rotatable bonds is 6. The summed E-state index contributed by atoms with van der Waals surface area (Å²) in [5.41, 5.74) is 0. The fraction of sp³-hybridized carbons (Fsp3) is 0.917. The Bertz CT molecular complexity index is 433. The molecule has 7 nitrogen and oxygen atoms in total. The average molecular weight is 306 g/mol. The highest BCUT2D eigenvalue weighted by Gasteiger charge is 2.34. The third-order valence-electron chi connectivity index (χ3n) is 3.54. The molecule has 0 radical (unpaired) electrons. The number of sulfone groups is 1. The zero-order valence-corrected chi connectivity index (χ0v) is 12.5. The number of carbonyl (C=O) groups is 1. The van der Waals surface area contributed by atoms with Gasteiger partial charge in [0.15, 0.2) is 9.84 Å². The first kappa shape index (κ1) is 15.5. The van der Waals surface area contributed by atoms with E-state index in [0.29, 0.717) is 32.7 Å². The third kappa shape index (κ3) is 4.32. The van der Waals surface area contributed by atoms with Crippen LogP contribution in [0.4, 0.5) is 4.79 Å². The Morgan fingerprint density at radius 2 is 2.10 bits per heavy atom. The lowest BCUT2D eigenvalue weighted by Gasteiger charge is -2.39. The molecule has 0 saturated carbocycles. The second-order valence-corrected chi connectivity index (χ2v) is 7.52. The van der Waals surface area contributed by atoms with Crippen LogP contribution >= 0.6 is 0 Å². The first-order valence-electron chi connectivity index (χ1n) is 6.86. The number of carbonyl (C=O) groups excluding carboxylic acids is 1. The summed E-state index contributed by atoms with van der Waals surface area (Å²) in [5, 5.41) is 2.77. The zero-order valence-electron chi connectivity index (χ0n) is 11.7. The van der Waals surface area contributed by atoms with Crippen molar-refractivity contribution in [1.82, 2.24) is 10.2 Å². The highest BCUT2D eigenvalue weighted by molar-refractivity contribution is 7.91. The number of hydrogen-bond donors (Lipinski definition) is 1. The fourth-order valence-electron chi connectivity index (χ4n) is 2.34. The van der Waals surface area contributed by atoms with Crippen molar-refractivity contribution in [2.45, 2.75) is 25.0 Å². The molecule has 0 aromatic carbocycles. The molecule has 0 aliphatic carbocycles. The van der Waals surface area contributed by atoms with E-state index < -0.39 is 9.84 Å². The molecule has 2 aliphatic heterocycles. The topological polar surface area (TPSA) is 84.9 Å². The van der Waals surface area contributed by atoms with E-state index in [9.17, 15) is 13.2 Å². The number of hydrogen-bond acceptors (Lipinski definition) is 5. The number of nitrogens with zero attached hydrogens (tertiary/aromatic N) is 1. The standard InChI is InChI=1S/C12H22N2O5S/c1-18-4-2-5-19-11-7-14(8-11)12(15)13-10-3-6-20(16,17)9-10/h10-11H,2-9H2,1H3,(H,13,15)/t10-/m0/s1. The minimum atomic E-state index is -2.95. The van der Waals surface area contributed by atoms with Gasteiger partial charge in [-0.15, -0.1) is 0 Å². The molecule has 0 unspecified atom stereocenters. The fourth-order valence-corrected chi connectivity index (χ4v) is 4.01. The first-order valence-corrected chi connectivity index (χ1v) is 8.69. The van der Waals surface area contributed by atoms with Gasteiger partial charge in [0.2, 0.25) is 0 Å². The molecule has 2 saturated heterocycles. The van der Waals surface area contributed by atoms with E-state index in [1.807, 2.05) is 0 Å². The van der Waals surface area contributed by atoms with Gasteiger partial charge in [-0.2, -0.15) is 0 Å². The summed E-state index contributed by atoms with van der Waals surface area (Å²) in [6.45, 7) is 2.44. The van der Waals surface area contributed by atoms with Gasteiger partial charge in [0, 0.05) is 26.4 Å². The van der Waals surface area contributed by atoms with Gasteiger partial charge in [0.25, 0.3) is 0 Å². The number of urea groups is 1. The molecule has 0 bridgehead atoms. The molecule has 0 aromatic rings. The van der Waals surface area contributed by atoms with Crippen molar-refractivity contribution < 1.29 is 22.7 Å². The zero-order chi connectivity index (χ0) is 14.6. The van der Waals surface area contributed by atoms with Crippen molar-refractivity contribution in [3.8, 4) is 0 Å². The second-order valence-electron chi connectivity index (χ2n) is 5.29. The van der Waals surface area contributed by atoms with E-state index in [4.69, 9.17) is 9.47 Å². The van der Waals surface area contributed by atoms with Crippen molar-refractivity contribution in [1.29, 1.82) is 0 Å². The molecule has 2 heterocycles. The number of amides is 2. The molecule has 0 spiro atoms. The minimum absolute atomic E-state index is 0.0591. The van der Waals surface area contributed by atoms with Crippen molar-refractivity contribution in [3.63, 3.8) is 0 Å². The van der Waals surface area contributed by atoms with Crippen LogP contribution < -0.4 is 5.32 Å². The lowest BCUT2D eigenvalue weighted by molar-refractivity contribution is -0.0403. The average Bonchev–Trinajstić information content (AvgIpc) is 2.65. The number of likely N-dealkylation sites (tertiary alicyclic amines) is 1. The molecular formula is C12H22N2O5S. The van der Waals surface area contributed by atoms with Crippen LogP contribution in [0.5, 0.6) is 0 Å². The minimum Gasteiger partial charge on any atom is -0.385 e. The molecule has 2 fully saturated rings. The quantitative estimate of drug-likeness (QED) is 0.676. The van der Waals surface area contributed by atoms with Crippen LogP contribution in [-0.2, 0) is 19.3 Å². The molecule has 2 rings (SSSR count). The monoisotopic (exact) mass is 306 g/mol. The normalized spacial score (nSPS) is 25.4. The SMILES string of the molecule is COCCCOC1CN(C(=O)N[C@H]2CCS(=O)(=O)C2)C1. The summed E-state index contributed by atoms with van der Waals surface area (Å²) in [4.78, 5) is 13.5. The van der Waals surface area contributed by atoms with Gasteiger partial charge in [0.1, 0.15) is 0 Å². The Kier molecular flexibility index (Phi) is 5.22. The lowest BCUT2D eigenvalue weighted by atomic mass is 10.2. The maximum Gasteiger partial charge on any atom is 0.317 e. The molecule has 8 heteroatoms. The lowest BCUT2D eigenvalue weighted by Crippen LogP contribution is -2.59. The molecule has 20 heavy (non-hydrogen) atoms. The van der Waals surface area contributed by atoms with Gasteiger partial charge in [0.05, 0.1) is 30.7 Å². The largest absolute Gasteiger partial charge is 0.385 e. The highest BCUT2D eigenvalue weighted by Crippen LogP contribution is 2.15. The molecule has 0 aromatic heterocycles. The predicted octanol–water partition coefficient (Wildman–Crippen LogP) is -0.380. The van der Waals surface area contributed by atoms with Gasteiger partial charge in [-0.1, -0.05) is 0 Å². The summed E-state index contributed by atoms with van der Waals surface area (Å²) in [5.74, 6) is 0.229. The number of ether oxygens (including phenoxy) is 2. The smallest absolute Gasteiger partial charge is 0.317 e. The highest BCUT2D eigenvalue weighted by atomic mass is 32.2. The van der Waals surface area contributed by atoms with Gasteiger partial charge in [-0.25, -0.2) is 13.2 Å². The van der Waals surface area contributed by atoms with Crippen LogP contribution in [0.2, 0.25) is 0 Å². The van der Waals surface area contributed by atoms with E-state index in [2.05, 4.69) is 5.32 Å². The predicted molar refractivity (Wildman–Crippen MR) is 73.4 cm³/mol. The summed E-state index contributed by atoms with van der Waals surface area (Å²) >= 11 is 0. The van der Waals surface area contributed by atoms with Crippen LogP contribution in [0, 0.1) is 0 Å². The van der Waals surface area contributed by atoms with Crippen molar-refractivity contribution in [2.75, 3.05) is 44.9 Å². The van der Waals surface area contributed by atoms with Crippen LogP contribution in [-0.4, -0.2) is 76.4 Å². The summed E-state index contributed by atoms with van der Waals surface area (Å²) in [6, 6.07) is -0.432. The summed E-state index contributed by atoms with van der Waals surface area (Å²) in [6.07, 6.45) is 1.45. The first-order chi connectivity index (χ1) is 9.50. The Hall–Kier alpha value is -0.860. The van der Waals surface area contributed by atoms with Crippen molar-refractivity contribution in [2.24, 2.45) is 0 Å². The molecule has 2 amide bonds. The van der Waals surface area contributed by atoms with E-state index in [1.54, 1.807) is 12.0 Å². The maximum absolute atomic E-state index is 11.9. The number of methoxy groups -OCH3 is 1. The van der Waals surface area contributed by atoms with E-state index in [-0.39, 0.29) is 29.7 Å². The maximum atomic E-state index is 11.9. The molecule has 2 aliphatic rings. The Labute approximate surface area is 119 Å². The molecule has 1 N–H and O–H groups in total. The Morgan fingerprint density at radius 3 is 2.70 bits per heavy atom. The Balaban J connectivity index is 1.60. The van der Waals surface area contributed by atoms with Crippen molar-refractivity contribution in [3.05, 3.63) is 0 Å². The van der Waals surface area contributed by atoms with Crippen LogP contribution in [0.1, 0.15) is 12.8 Å². The summed E-state index contributed by atoms with van der Waals surface area (Å²) < 4.78 is 33.1. The summed E-state index contributed by atoms with van der Waals surface area (Å²) in [7, 11) is -1.30. The molecule has 1 atom stereocenters. The van der Waals surface area contributed by atoms with Gasteiger partial charge < -0.3 is 19.7 Å². The van der Waals surface area contributed by atoms with Gasteiger partial charge >= 0.3 is 6.03 Å². The van der Waals surface area contributed by atoms with E-state index >= 15 is 0 Å². The second kappa shape index (κ2) is 6.73. The van der Waals surface area contributed by atoms with Gasteiger partial charge in [-0.05, 0) is 12.8 Å². The number of nitrogens with one attached hydrogen (secondary N) is 1. The van der Waals surface area contributed by atoms with Crippen molar-refractivity contribution >= 4 is 15.9 Å². The van der Waals surface area contributed by atoms with E-state index in [1.165, 1.54) is 0 Å². The molecule has 116 valence electrons. The van der Waals surface area contributed by atoms with Gasteiger partial charge in [-0.3, -0.25) is 0 Å².